The van der Waals surface area contributed by atoms with Crippen LogP contribution in [0, 0.1) is 0 Å². The first-order chi connectivity index (χ1) is 7.41. The molecule has 2 heteroatoms. The first-order valence-electron chi connectivity index (χ1n) is 7.23. The Labute approximate surface area is 111 Å². The Bertz CT molecular complexity index is 94.9. The van der Waals surface area contributed by atoms with E-state index in [0.29, 0.717) is 0 Å². The van der Waals surface area contributed by atoms with E-state index in [0.717, 1.165) is 0 Å². The molecule has 0 nitrogen and oxygen atoms in total. The molecule has 0 atom stereocenters. The van der Waals surface area contributed by atoms with Crippen molar-refractivity contribution in [2.24, 2.45) is 0 Å². The molecule has 0 aromatic heterocycles. The van der Waals surface area contributed by atoms with Crippen molar-refractivity contribution in [3.63, 3.8) is 0 Å². The summed E-state index contributed by atoms with van der Waals surface area (Å²) in [4.78, 5) is 0. The van der Waals surface area contributed by atoms with Gasteiger partial charge in [-0.2, -0.15) is 0 Å². The molecular formula is C14H30BCl. The summed E-state index contributed by atoms with van der Waals surface area (Å²) in [5.41, 5.74) is 0. The summed E-state index contributed by atoms with van der Waals surface area (Å²) in [7, 11) is 2.51. The van der Waals surface area contributed by atoms with E-state index in [1.807, 2.05) is 0 Å². The Balaban J connectivity index is 0. The van der Waals surface area contributed by atoms with E-state index in [9.17, 15) is 0 Å². The molecule has 0 amide bonds. The summed E-state index contributed by atoms with van der Waals surface area (Å²) in [5.74, 6) is 0. The molecule has 0 aromatic rings. The van der Waals surface area contributed by atoms with Gasteiger partial charge in [0.1, 0.15) is 0 Å². The van der Waals surface area contributed by atoms with E-state index in [4.69, 9.17) is 0 Å². The first kappa shape index (κ1) is 18.7. The monoisotopic (exact) mass is 244 g/mol. The van der Waals surface area contributed by atoms with Crippen LogP contribution in [0.5, 0.6) is 0 Å². The molecule has 0 aromatic carbocycles. The third kappa shape index (κ3) is 16.8. The number of unbranched alkanes of at least 4 members (excludes halogenated alkanes) is 8. The molecule has 96 valence electrons. The Kier molecular flexibility index (Phi) is 20.7. The molecule has 0 heterocycles. The molecule has 0 spiro atoms. The van der Waals surface area contributed by atoms with Crippen molar-refractivity contribution < 1.29 is 12.4 Å². The molecule has 0 unspecified atom stereocenters. The summed E-state index contributed by atoms with van der Waals surface area (Å²) < 4.78 is 0. The predicted octanol–water partition coefficient (Wildman–Crippen LogP) is 2.47. The molecule has 0 saturated heterocycles. The van der Waals surface area contributed by atoms with Gasteiger partial charge in [-0.25, -0.2) is 0 Å². The fourth-order valence-electron chi connectivity index (χ4n) is 1.93. The normalized spacial score (nSPS) is 9.62. The molecule has 0 aliphatic carbocycles. The van der Waals surface area contributed by atoms with Crippen molar-refractivity contribution in [2.75, 3.05) is 0 Å². The Morgan fingerprint density at radius 3 is 1.31 bits per heavy atom. The minimum atomic E-state index is 0. The molecule has 16 heavy (non-hydrogen) atoms. The summed E-state index contributed by atoms with van der Waals surface area (Å²) in [6, 6.07) is 0. The van der Waals surface area contributed by atoms with Crippen LogP contribution in [0.25, 0.3) is 0 Å². The van der Waals surface area contributed by atoms with Gasteiger partial charge >= 0.3 is 98.0 Å². The van der Waals surface area contributed by atoms with Gasteiger partial charge in [0.05, 0.1) is 0 Å². The van der Waals surface area contributed by atoms with Crippen molar-refractivity contribution >= 4 is 7.28 Å². The number of hydrogen-bond donors (Lipinski definition) is 0. The van der Waals surface area contributed by atoms with Gasteiger partial charge in [0.2, 0.25) is 0 Å². The van der Waals surface area contributed by atoms with Crippen LogP contribution in [0.1, 0.15) is 78.1 Å². The standard InChI is InChI=1S/C14H30B.ClH/c1-3-5-7-9-11-13-15-14-12-10-8-6-4-2;/h3-14H2,1-2H3;1H/q+1;/p-1. The van der Waals surface area contributed by atoms with Crippen molar-refractivity contribution in [1.29, 1.82) is 0 Å². The molecule has 0 aliphatic heterocycles. The van der Waals surface area contributed by atoms with Crippen LogP contribution in [0.3, 0.4) is 0 Å². The molecule has 0 aliphatic rings. The molecule has 0 bridgehead atoms. The summed E-state index contributed by atoms with van der Waals surface area (Å²) in [5, 5.41) is 0. The largest absolute Gasteiger partial charge is 1.00 e. The fraction of sp³-hybridized carbons (Fsp3) is 1.00. The molecular weight excluding hydrogens is 214 g/mol. The van der Waals surface area contributed by atoms with Gasteiger partial charge in [-0.3, -0.25) is 0 Å². The third-order valence-electron chi connectivity index (χ3n) is 3.02. The zero-order chi connectivity index (χ0) is 11.2. The maximum Gasteiger partial charge on any atom is -1.00 e. The van der Waals surface area contributed by atoms with Gasteiger partial charge in [0.25, 0.3) is 0 Å². The SMILES string of the molecule is CCCCCCC[B+]CCCCCCC.[Cl-]. The number of rotatable bonds is 12. The minimum Gasteiger partial charge on any atom is -1.00 e. The van der Waals surface area contributed by atoms with E-state index in [2.05, 4.69) is 21.1 Å². The average Bonchev–Trinajstić information content (AvgIpc) is 2.26. The maximum atomic E-state index is 2.51. The average molecular weight is 245 g/mol. The topological polar surface area (TPSA) is 0 Å². The summed E-state index contributed by atoms with van der Waals surface area (Å²) in [6.07, 6.45) is 16.9. The van der Waals surface area contributed by atoms with E-state index in [1.165, 1.54) is 76.8 Å². The van der Waals surface area contributed by atoms with Gasteiger partial charge in [-0.1, -0.05) is 0 Å². The van der Waals surface area contributed by atoms with Crippen molar-refractivity contribution in [3.8, 4) is 0 Å². The first-order valence-corrected chi connectivity index (χ1v) is 7.23. The maximum absolute atomic E-state index is 2.51. The van der Waals surface area contributed by atoms with Crippen LogP contribution < -0.4 is 12.4 Å². The smallest absolute Gasteiger partial charge is 1.00 e. The van der Waals surface area contributed by atoms with Crippen LogP contribution in [0.15, 0.2) is 0 Å². The van der Waals surface area contributed by atoms with Crippen LogP contribution in [-0.4, -0.2) is 7.28 Å². The fourth-order valence-corrected chi connectivity index (χ4v) is 1.93. The van der Waals surface area contributed by atoms with Gasteiger partial charge in [-0.05, 0) is 0 Å². The van der Waals surface area contributed by atoms with Crippen molar-refractivity contribution in [1.82, 2.24) is 0 Å². The second-order valence-electron chi connectivity index (χ2n) is 4.69. The van der Waals surface area contributed by atoms with Crippen LogP contribution >= 0.6 is 0 Å². The predicted molar refractivity (Wildman–Crippen MR) is 72.9 cm³/mol. The molecule has 0 radical (unpaired) electrons. The summed E-state index contributed by atoms with van der Waals surface area (Å²) >= 11 is 0. The molecule has 0 saturated carbocycles. The third-order valence-corrected chi connectivity index (χ3v) is 3.02. The second-order valence-corrected chi connectivity index (χ2v) is 4.69. The Morgan fingerprint density at radius 2 is 0.938 bits per heavy atom. The van der Waals surface area contributed by atoms with E-state index >= 15 is 0 Å². The van der Waals surface area contributed by atoms with E-state index in [-0.39, 0.29) is 12.4 Å². The minimum absolute atomic E-state index is 0. The van der Waals surface area contributed by atoms with Gasteiger partial charge in [0.15, 0.2) is 0 Å². The Morgan fingerprint density at radius 1 is 0.562 bits per heavy atom. The zero-order valence-corrected chi connectivity index (χ0v) is 12.2. The van der Waals surface area contributed by atoms with E-state index < -0.39 is 0 Å². The van der Waals surface area contributed by atoms with Crippen molar-refractivity contribution in [2.45, 2.75) is 90.7 Å². The molecule has 0 rings (SSSR count). The molecule has 0 N–H and O–H groups in total. The number of halogens is 1. The quantitative estimate of drug-likeness (QED) is 0.366. The van der Waals surface area contributed by atoms with Crippen LogP contribution in [0.4, 0.5) is 0 Å². The summed E-state index contributed by atoms with van der Waals surface area (Å²) in [6.45, 7) is 4.56. The van der Waals surface area contributed by atoms with Crippen LogP contribution in [-0.2, 0) is 0 Å². The van der Waals surface area contributed by atoms with E-state index in [1.54, 1.807) is 0 Å². The van der Waals surface area contributed by atoms with Gasteiger partial charge < -0.3 is 12.4 Å². The van der Waals surface area contributed by atoms with Crippen molar-refractivity contribution in [3.05, 3.63) is 0 Å². The van der Waals surface area contributed by atoms with Gasteiger partial charge in [-0.15, -0.1) is 0 Å². The second kappa shape index (κ2) is 17.7. The zero-order valence-electron chi connectivity index (χ0n) is 11.4. The number of hydrogen-bond acceptors (Lipinski definition) is 0. The van der Waals surface area contributed by atoms with Crippen LogP contribution in [0.2, 0.25) is 12.6 Å². The molecule has 0 fully saturated rings. The Hall–Kier alpha value is 0.355. The van der Waals surface area contributed by atoms with Gasteiger partial charge in [0, 0.05) is 0 Å².